The number of carbonyl (C=O) groups excluding carboxylic acids is 1. The van der Waals surface area contributed by atoms with Gasteiger partial charge in [0.05, 0.1) is 11.2 Å². The van der Waals surface area contributed by atoms with E-state index < -0.39 is 0 Å². The minimum Gasteiger partial charge on any atom is -0.334 e. The maximum Gasteiger partial charge on any atom is 0.265 e. The van der Waals surface area contributed by atoms with Crippen molar-refractivity contribution in [1.29, 1.82) is 0 Å². The van der Waals surface area contributed by atoms with Gasteiger partial charge in [0, 0.05) is 18.5 Å². The van der Waals surface area contributed by atoms with Crippen LogP contribution in [0.4, 0.5) is 0 Å². The molecule has 0 bridgehead atoms. The molecule has 0 radical (unpaired) electrons. The fourth-order valence-corrected chi connectivity index (χ4v) is 3.26. The lowest BCUT2D eigenvalue weighted by atomic mass is 10.1. The van der Waals surface area contributed by atoms with Crippen molar-refractivity contribution in [3.8, 4) is 0 Å². The Morgan fingerprint density at radius 1 is 1.59 bits per heavy atom. The molecule has 0 N–H and O–H groups in total. The summed E-state index contributed by atoms with van der Waals surface area (Å²) in [4.78, 5) is 19.2. The van der Waals surface area contributed by atoms with Gasteiger partial charge in [0.1, 0.15) is 4.88 Å². The number of hydrogen-bond acceptors (Lipinski definition) is 3. The largest absolute Gasteiger partial charge is 0.334 e. The molecule has 1 atom stereocenters. The van der Waals surface area contributed by atoms with Crippen molar-refractivity contribution < 1.29 is 4.79 Å². The molecule has 1 aliphatic rings. The van der Waals surface area contributed by atoms with Gasteiger partial charge in [-0.05, 0) is 19.8 Å². The van der Waals surface area contributed by atoms with Gasteiger partial charge < -0.3 is 4.90 Å². The number of carbonyl (C=O) groups is 1. The van der Waals surface area contributed by atoms with Crippen molar-refractivity contribution in [3.05, 3.63) is 16.1 Å². The SMILES string of the molecule is Cc1ncc(C(=O)N2CCCCCC2CCl)s1. The first-order valence-electron chi connectivity index (χ1n) is 6.01. The minimum atomic E-state index is 0.100. The van der Waals surface area contributed by atoms with Crippen LogP contribution in [-0.4, -0.2) is 34.3 Å². The molecular weight excluding hydrogens is 256 g/mol. The Morgan fingerprint density at radius 2 is 2.41 bits per heavy atom. The molecule has 0 aromatic carbocycles. The quantitative estimate of drug-likeness (QED) is 0.775. The van der Waals surface area contributed by atoms with Crippen molar-refractivity contribution in [1.82, 2.24) is 9.88 Å². The Kier molecular flexibility index (Phi) is 4.40. The summed E-state index contributed by atoms with van der Waals surface area (Å²) in [6, 6.07) is 0.189. The van der Waals surface area contributed by atoms with Gasteiger partial charge in [0.2, 0.25) is 0 Å². The maximum absolute atomic E-state index is 12.4. The third-order valence-electron chi connectivity index (χ3n) is 3.15. The molecule has 94 valence electrons. The molecule has 1 unspecified atom stereocenters. The first-order valence-corrected chi connectivity index (χ1v) is 7.37. The van der Waals surface area contributed by atoms with Crippen molar-refractivity contribution in [2.75, 3.05) is 12.4 Å². The van der Waals surface area contributed by atoms with Crippen LogP contribution in [0.15, 0.2) is 6.20 Å². The second-order valence-corrected chi connectivity index (χ2v) is 5.94. The Morgan fingerprint density at radius 3 is 3.06 bits per heavy atom. The third-order valence-corrected chi connectivity index (χ3v) is 4.41. The highest BCUT2D eigenvalue weighted by Crippen LogP contribution is 2.22. The van der Waals surface area contributed by atoms with E-state index in [1.165, 1.54) is 24.2 Å². The third kappa shape index (κ3) is 2.99. The predicted octanol–water partition coefficient (Wildman–Crippen LogP) is 3.08. The zero-order valence-corrected chi connectivity index (χ0v) is 11.6. The van der Waals surface area contributed by atoms with E-state index in [1.54, 1.807) is 6.20 Å². The van der Waals surface area contributed by atoms with Crippen LogP contribution in [0, 0.1) is 6.92 Å². The van der Waals surface area contributed by atoms with Crippen LogP contribution in [0.1, 0.15) is 40.4 Å². The second-order valence-electron chi connectivity index (χ2n) is 4.40. The molecule has 0 spiro atoms. The van der Waals surface area contributed by atoms with Crippen molar-refractivity contribution in [2.24, 2.45) is 0 Å². The van der Waals surface area contributed by atoms with Gasteiger partial charge in [-0.15, -0.1) is 22.9 Å². The average molecular weight is 273 g/mol. The molecule has 1 saturated heterocycles. The summed E-state index contributed by atoms with van der Waals surface area (Å²) < 4.78 is 0. The van der Waals surface area contributed by atoms with Gasteiger partial charge in [-0.2, -0.15) is 0 Å². The molecule has 3 nitrogen and oxygen atoms in total. The van der Waals surface area contributed by atoms with Gasteiger partial charge in [-0.1, -0.05) is 12.8 Å². The van der Waals surface area contributed by atoms with Crippen LogP contribution in [0.3, 0.4) is 0 Å². The highest BCUT2D eigenvalue weighted by Gasteiger charge is 2.26. The Hall–Kier alpha value is -0.610. The van der Waals surface area contributed by atoms with Crippen LogP contribution in [0.2, 0.25) is 0 Å². The lowest BCUT2D eigenvalue weighted by Gasteiger charge is -2.27. The molecule has 1 aliphatic heterocycles. The van der Waals surface area contributed by atoms with Crippen LogP contribution < -0.4 is 0 Å². The summed E-state index contributed by atoms with van der Waals surface area (Å²) in [5, 5.41) is 0.936. The van der Waals surface area contributed by atoms with Gasteiger partial charge in [0.15, 0.2) is 0 Å². The molecule has 5 heteroatoms. The van der Waals surface area contributed by atoms with Gasteiger partial charge >= 0.3 is 0 Å². The fourth-order valence-electron chi connectivity index (χ4n) is 2.21. The molecule has 2 heterocycles. The molecule has 0 saturated carbocycles. The van der Waals surface area contributed by atoms with E-state index in [9.17, 15) is 4.79 Å². The topological polar surface area (TPSA) is 33.2 Å². The summed E-state index contributed by atoms with van der Waals surface area (Å²) in [5.41, 5.74) is 0. The standard InChI is InChI=1S/C12H17ClN2OS/c1-9-14-8-11(17-9)12(16)15-6-4-2-3-5-10(15)7-13/h8,10H,2-7H2,1H3. The summed E-state index contributed by atoms with van der Waals surface area (Å²) in [6.45, 7) is 2.75. The van der Waals surface area contributed by atoms with Crippen LogP contribution in [0.25, 0.3) is 0 Å². The number of rotatable bonds is 2. The van der Waals surface area contributed by atoms with Crippen molar-refractivity contribution >= 4 is 28.8 Å². The van der Waals surface area contributed by atoms with E-state index in [-0.39, 0.29) is 11.9 Å². The summed E-state index contributed by atoms with van der Waals surface area (Å²) >= 11 is 7.44. The van der Waals surface area contributed by atoms with E-state index in [0.29, 0.717) is 5.88 Å². The number of thiazole rings is 1. The zero-order chi connectivity index (χ0) is 12.3. The summed E-state index contributed by atoms with van der Waals surface area (Å²) in [7, 11) is 0. The van der Waals surface area contributed by atoms with Gasteiger partial charge in [-0.3, -0.25) is 4.79 Å². The number of hydrogen-bond donors (Lipinski definition) is 0. The highest BCUT2D eigenvalue weighted by molar-refractivity contribution is 7.13. The highest BCUT2D eigenvalue weighted by atomic mass is 35.5. The summed E-state index contributed by atoms with van der Waals surface area (Å²) in [6.07, 6.45) is 6.14. The Balaban J connectivity index is 2.15. The number of aryl methyl sites for hydroxylation is 1. The smallest absolute Gasteiger partial charge is 0.265 e. The molecular formula is C12H17ClN2OS. The van der Waals surface area contributed by atoms with Gasteiger partial charge in [-0.25, -0.2) is 4.98 Å². The molecule has 1 amide bonds. The van der Waals surface area contributed by atoms with Crippen LogP contribution in [-0.2, 0) is 0 Å². The normalized spacial score (nSPS) is 21.3. The second kappa shape index (κ2) is 5.83. The molecule has 0 aliphatic carbocycles. The fraction of sp³-hybridized carbons (Fsp3) is 0.667. The number of amides is 1. The lowest BCUT2D eigenvalue weighted by Crippen LogP contribution is -2.40. The molecule has 1 fully saturated rings. The van der Waals surface area contributed by atoms with Crippen molar-refractivity contribution in [3.63, 3.8) is 0 Å². The van der Waals surface area contributed by atoms with Gasteiger partial charge in [0.25, 0.3) is 5.91 Å². The number of nitrogens with zero attached hydrogens (tertiary/aromatic N) is 2. The number of aromatic nitrogens is 1. The number of halogens is 1. The van der Waals surface area contributed by atoms with Crippen molar-refractivity contribution in [2.45, 2.75) is 38.6 Å². The maximum atomic E-state index is 12.4. The zero-order valence-electron chi connectivity index (χ0n) is 9.99. The first kappa shape index (κ1) is 12.8. The number of likely N-dealkylation sites (tertiary alicyclic amines) is 1. The van der Waals surface area contributed by atoms with E-state index in [1.807, 2.05) is 11.8 Å². The molecule has 17 heavy (non-hydrogen) atoms. The van der Waals surface area contributed by atoms with E-state index in [0.717, 1.165) is 29.3 Å². The monoisotopic (exact) mass is 272 g/mol. The first-order chi connectivity index (χ1) is 8.22. The predicted molar refractivity (Wildman–Crippen MR) is 70.9 cm³/mol. The van der Waals surface area contributed by atoms with E-state index in [2.05, 4.69) is 4.98 Å². The van der Waals surface area contributed by atoms with E-state index in [4.69, 9.17) is 11.6 Å². The Bertz CT molecular complexity index is 394. The molecule has 1 aromatic rings. The number of alkyl halides is 1. The van der Waals surface area contributed by atoms with Crippen LogP contribution in [0.5, 0.6) is 0 Å². The lowest BCUT2D eigenvalue weighted by molar-refractivity contribution is 0.0705. The summed E-state index contributed by atoms with van der Waals surface area (Å²) in [5.74, 6) is 0.631. The minimum absolute atomic E-state index is 0.100. The molecule has 1 aromatic heterocycles. The van der Waals surface area contributed by atoms with E-state index >= 15 is 0 Å². The van der Waals surface area contributed by atoms with Crippen LogP contribution >= 0.6 is 22.9 Å². The average Bonchev–Trinajstić information content (AvgIpc) is 2.64. The molecule has 2 rings (SSSR count). The Labute approximate surface area is 111 Å².